The summed E-state index contributed by atoms with van der Waals surface area (Å²) < 4.78 is 0. The van der Waals surface area contributed by atoms with Crippen molar-refractivity contribution >= 4 is 11.3 Å². The fraction of sp³-hybridized carbons (Fsp3) is 0.308. The highest BCUT2D eigenvalue weighted by Crippen LogP contribution is 2.13. The Kier molecular flexibility index (Phi) is 5.05. The van der Waals surface area contributed by atoms with Crippen molar-refractivity contribution in [3.63, 3.8) is 0 Å². The van der Waals surface area contributed by atoms with Gasteiger partial charge >= 0.3 is 0 Å². The van der Waals surface area contributed by atoms with E-state index in [1.54, 1.807) is 11.3 Å². The summed E-state index contributed by atoms with van der Waals surface area (Å²) in [6, 6.07) is 10.4. The molecule has 0 atom stereocenters. The lowest BCUT2D eigenvalue weighted by atomic mass is 10.2. The van der Waals surface area contributed by atoms with Crippen LogP contribution in [0.25, 0.3) is 0 Å². The highest BCUT2D eigenvalue weighted by molar-refractivity contribution is 7.09. The second kappa shape index (κ2) is 6.36. The summed E-state index contributed by atoms with van der Waals surface area (Å²) in [5, 5.41) is 3.29. The zero-order valence-electron chi connectivity index (χ0n) is 9.53. The summed E-state index contributed by atoms with van der Waals surface area (Å²) in [6.45, 7) is 6.03. The molecular formula is C13H17NS. The second-order valence-corrected chi connectivity index (χ2v) is 3.99. The van der Waals surface area contributed by atoms with Crippen LogP contribution in [-0.4, -0.2) is 4.98 Å². The molecule has 0 saturated heterocycles. The third kappa shape index (κ3) is 3.84. The number of aromatic nitrogens is 1. The molecule has 0 radical (unpaired) electrons. The highest BCUT2D eigenvalue weighted by Gasteiger charge is 1.99. The molecular weight excluding hydrogens is 202 g/mol. The molecule has 2 rings (SSSR count). The summed E-state index contributed by atoms with van der Waals surface area (Å²) in [4.78, 5) is 4.42. The van der Waals surface area contributed by atoms with Crippen LogP contribution in [0.1, 0.15) is 30.1 Å². The minimum atomic E-state index is 0.958. The van der Waals surface area contributed by atoms with Crippen LogP contribution in [0.15, 0.2) is 35.7 Å². The van der Waals surface area contributed by atoms with E-state index in [9.17, 15) is 0 Å². The van der Waals surface area contributed by atoms with Gasteiger partial charge in [0.15, 0.2) is 0 Å². The summed E-state index contributed by atoms with van der Waals surface area (Å²) >= 11 is 1.73. The molecule has 2 heteroatoms. The van der Waals surface area contributed by atoms with Gasteiger partial charge in [0.25, 0.3) is 0 Å². The van der Waals surface area contributed by atoms with Crippen LogP contribution in [0.5, 0.6) is 0 Å². The fourth-order valence-corrected chi connectivity index (χ4v) is 2.06. The minimum absolute atomic E-state index is 0.958. The maximum absolute atomic E-state index is 4.42. The van der Waals surface area contributed by atoms with Crippen LogP contribution in [-0.2, 0) is 6.42 Å². The van der Waals surface area contributed by atoms with Crippen molar-refractivity contribution in [2.45, 2.75) is 27.2 Å². The van der Waals surface area contributed by atoms with Gasteiger partial charge in [0.1, 0.15) is 0 Å². The Balaban J connectivity index is 0.000000531. The van der Waals surface area contributed by atoms with Gasteiger partial charge in [0, 0.05) is 17.5 Å². The van der Waals surface area contributed by atoms with Crippen LogP contribution in [0.3, 0.4) is 0 Å². The lowest BCUT2D eigenvalue weighted by Gasteiger charge is -1.95. The smallest absolute Gasteiger partial charge is 0.0972 e. The lowest BCUT2D eigenvalue weighted by Crippen LogP contribution is -1.85. The quantitative estimate of drug-likeness (QED) is 0.742. The molecule has 0 N–H and O–H groups in total. The average Bonchev–Trinajstić information content (AvgIpc) is 2.68. The van der Waals surface area contributed by atoms with Crippen molar-refractivity contribution in [2.75, 3.05) is 0 Å². The Morgan fingerprint density at radius 1 is 1.13 bits per heavy atom. The van der Waals surface area contributed by atoms with E-state index in [1.807, 2.05) is 26.8 Å². The van der Waals surface area contributed by atoms with Crippen molar-refractivity contribution in [1.29, 1.82) is 0 Å². The van der Waals surface area contributed by atoms with Gasteiger partial charge < -0.3 is 0 Å². The number of thiazole rings is 1. The fourth-order valence-electron chi connectivity index (χ4n) is 1.25. The van der Waals surface area contributed by atoms with Gasteiger partial charge in [-0.05, 0) is 12.5 Å². The normalized spacial score (nSPS) is 9.27. The van der Waals surface area contributed by atoms with Crippen molar-refractivity contribution < 1.29 is 0 Å². The van der Waals surface area contributed by atoms with Gasteiger partial charge in [-0.25, -0.2) is 4.98 Å². The molecule has 0 spiro atoms. The number of aryl methyl sites for hydroxylation is 1. The molecule has 0 saturated carbocycles. The molecule has 0 bridgehead atoms. The summed E-state index contributed by atoms with van der Waals surface area (Å²) in [5.41, 5.74) is 2.45. The molecule has 0 unspecified atom stereocenters. The Morgan fingerprint density at radius 3 is 2.33 bits per heavy atom. The lowest BCUT2D eigenvalue weighted by molar-refractivity contribution is 1.10. The highest BCUT2D eigenvalue weighted by atomic mass is 32.1. The number of benzene rings is 1. The molecule has 1 aromatic heterocycles. The average molecular weight is 219 g/mol. The number of hydrogen-bond donors (Lipinski definition) is 0. The zero-order valence-corrected chi connectivity index (χ0v) is 10.3. The van der Waals surface area contributed by atoms with Crippen molar-refractivity contribution in [3.05, 3.63) is 52.0 Å². The first-order chi connectivity index (χ1) is 7.34. The van der Waals surface area contributed by atoms with Crippen molar-refractivity contribution in [1.82, 2.24) is 4.98 Å². The first-order valence-corrected chi connectivity index (χ1v) is 6.17. The molecule has 0 aliphatic rings. The van der Waals surface area contributed by atoms with Gasteiger partial charge in [0.05, 0.1) is 5.01 Å². The van der Waals surface area contributed by atoms with Crippen LogP contribution in [0, 0.1) is 6.92 Å². The molecule has 1 aromatic carbocycles. The molecule has 15 heavy (non-hydrogen) atoms. The molecule has 0 amide bonds. The van der Waals surface area contributed by atoms with E-state index in [0.29, 0.717) is 0 Å². The molecule has 0 aliphatic carbocycles. The van der Waals surface area contributed by atoms with Crippen LogP contribution < -0.4 is 0 Å². The third-order valence-corrected chi connectivity index (χ3v) is 2.83. The molecule has 1 nitrogen and oxygen atoms in total. The van der Waals surface area contributed by atoms with E-state index in [-0.39, 0.29) is 0 Å². The molecule has 0 aliphatic heterocycles. The molecule has 0 fully saturated rings. The standard InChI is InChI=1S/C11H11NS.C2H6/c1-9-8-13-11(12-9)7-10-5-3-2-4-6-10;1-2/h2-6,8H,7H2,1H3;1-2H3. The number of hydrogen-bond acceptors (Lipinski definition) is 2. The Morgan fingerprint density at radius 2 is 1.80 bits per heavy atom. The third-order valence-electron chi connectivity index (χ3n) is 1.86. The first kappa shape index (κ1) is 11.9. The van der Waals surface area contributed by atoms with Gasteiger partial charge in [-0.15, -0.1) is 11.3 Å². The van der Waals surface area contributed by atoms with Gasteiger partial charge in [-0.3, -0.25) is 0 Å². The number of nitrogens with zero attached hydrogens (tertiary/aromatic N) is 1. The second-order valence-electron chi connectivity index (χ2n) is 3.05. The monoisotopic (exact) mass is 219 g/mol. The maximum Gasteiger partial charge on any atom is 0.0972 e. The van der Waals surface area contributed by atoms with Crippen LogP contribution >= 0.6 is 11.3 Å². The van der Waals surface area contributed by atoms with E-state index < -0.39 is 0 Å². The summed E-state index contributed by atoms with van der Waals surface area (Å²) in [7, 11) is 0. The van der Waals surface area contributed by atoms with E-state index >= 15 is 0 Å². The summed E-state index contributed by atoms with van der Waals surface area (Å²) in [5.74, 6) is 0. The number of rotatable bonds is 2. The van der Waals surface area contributed by atoms with Gasteiger partial charge in [-0.1, -0.05) is 44.2 Å². The molecule has 1 heterocycles. The Labute approximate surface area is 95.8 Å². The van der Waals surface area contributed by atoms with E-state index in [4.69, 9.17) is 0 Å². The SMILES string of the molecule is CC.Cc1csc(Cc2ccccc2)n1. The Bertz CT molecular complexity index is 378. The van der Waals surface area contributed by atoms with Crippen molar-refractivity contribution in [3.8, 4) is 0 Å². The minimum Gasteiger partial charge on any atom is -0.246 e. The van der Waals surface area contributed by atoms with E-state index in [2.05, 4.69) is 34.6 Å². The van der Waals surface area contributed by atoms with Gasteiger partial charge in [0.2, 0.25) is 0 Å². The van der Waals surface area contributed by atoms with Crippen LogP contribution in [0.2, 0.25) is 0 Å². The summed E-state index contributed by atoms with van der Waals surface area (Å²) in [6.07, 6.45) is 0.958. The zero-order chi connectivity index (χ0) is 11.1. The molecule has 80 valence electrons. The molecule has 2 aromatic rings. The van der Waals surface area contributed by atoms with Crippen LogP contribution in [0.4, 0.5) is 0 Å². The topological polar surface area (TPSA) is 12.9 Å². The van der Waals surface area contributed by atoms with E-state index in [1.165, 1.54) is 10.6 Å². The predicted octanol–water partition coefficient (Wildman–Crippen LogP) is 4.07. The van der Waals surface area contributed by atoms with Gasteiger partial charge in [-0.2, -0.15) is 0 Å². The van der Waals surface area contributed by atoms with Crippen molar-refractivity contribution in [2.24, 2.45) is 0 Å². The predicted molar refractivity (Wildman–Crippen MR) is 67.4 cm³/mol. The first-order valence-electron chi connectivity index (χ1n) is 5.29. The van der Waals surface area contributed by atoms with E-state index in [0.717, 1.165) is 12.1 Å². The Hall–Kier alpha value is -1.15. The maximum atomic E-state index is 4.42. The largest absolute Gasteiger partial charge is 0.246 e.